The van der Waals surface area contributed by atoms with Crippen LogP contribution in [0.5, 0.6) is 0 Å². The Morgan fingerprint density at radius 3 is 2.70 bits per heavy atom. The second-order valence-electron chi connectivity index (χ2n) is 3.12. The zero-order valence-electron chi connectivity index (χ0n) is 7.02. The molecule has 0 aromatic rings. The number of rotatable bonds is 2. The first-order valence-corrected chi connectivity index (χ1v) is 3.98. The third-order valence-corrected chi connectivity index (χ3v) is 1.78. The van der Waals surface area contributed by atoms with Gasteiger partial charge in [-0.25, -0.2) is 0 Å². The molecule has 1 fully saturated rings. The summed E-state index contributed by atoms with van der Waals surface area (Å²) >= 11 is 0. The van der Waals surface area contributed by atoms with Crippen molar-refractivity contribution in [1.29, 1.82) is 0 Å². The topological polar surface area (TPSA) is 18.5 Å². The van der Waals surface area contributed by atoms with Crippen LogP contribution in [0.25, 0.3) is 0 Å². The Hall–Kier alpha value is -0.0800. The molecule has 2 unspecified atom stereocenters. The van der Waals surface area contributed by atoms with Crippen molar-refractivity contribution in [3.8, 4) is 0 Å². The van der Waals surface area contributed by atoms with Gasteiger partial charge in [0, 0.05) is 6.42 Å². The summed E-state index contributed by atoms with van der Waals surface area (Å²) in [5.41, 5.74) is 0. The van der Waals surface area contributed by atoms with Crippen LogP contribution in [0.2, 0.25) is 0 Å². The van der Waals surface area contributed by atoms with Gasteiger partial charge in [-0.3, -0.25) is 0 Å². The van der Waals surface area contributed by atoms with Gasteiger partial charge in [-0.05, 0) is 13.8 Å². The summed E-state index contributed by atoms with van der Waals surface area (Å²) in [6.07, 6.45) is 2.39. The molecule has 0 aliphatic carbocycles. The molecule has 2 heteroatoms. The molecule has 0 saturated carbocycles. The average molecular weight is 144 g/mol. The van der Waals surface area contributed by atoms with Crippen molar-refractivity contribution in [3.05, 3.63) is 0 Å². The summed E-state index contributed by atoms with van der Waals surface area (Å²) in [6, 6.07) is 0. The first kappa shape index (κ1) is 8.02. The van der Waals surface area contributed by atoms with Gasteiger partial charge in [0.25, 0.3) is 0 Å². The van der Waals surface area contributed by atoms with Crippen LogP contribution < -0.4 is 0 Å². The Bertz CT molecular complexity index is 110. The fraction of sp³-hybridized carbons (Fsp3) is 1.00. The standard InChI is InChI=1S/C8H16O2/c1-4-5-8(3)9-6-7(2)10-8/h7H,4-6H2,1-3H3. The van der Waals surface area contributed by atoms with Crippen molar-refractivity contribution in [1.82, 2.24) is 0 Å². The van der Waals surface area contributed by atoms with E-state index in [1.165, 1.54) is 0 Å². The third kappa shape index (κ3) is 1.70. The minimum Gasteiger partial charge on any atom is -0.348 e. The van der Waals surface area contributed by atoms with Gasteiger partial charge in [0.05, 0.1) is 12.7 Å². The molecule has 0 aromatic heterocycles. The Morgan fingerprint density at radius 2 is 2.30 bits per heavy atom. The lowest BCUT2D eigenvalue weighted by molar-refractivity contribution is -0.156. The van der Waals surface area contributed by atoms with Crippen LogP contribution in [0.3, 0.4) is 0 Å². The Morgan fingerprint density at radius 1 is 1.60 bits per heavy atom. The zero-order valence-corrected chi connectivity index (χ0v) is 7.02. The van der Waals surface area contributed by atoms with Gasteiger partial charge in [-0.2, -0.15) is 0 Å². The summed E-state index contributed by atoms with van der Waals surface area (Å²) in [5.74, 6) is -0.284. The molecule has 0 amide bonds. The second-order valence-corrected chi connectivity index (χ2v) is 3.12. The van der Waals surface area contributed by atoms with Crippen molar-refractivity contribution in [2.45, 2.75) is 45.5 Å². The van der Waals surface area contributed by atoms with Gasteiger partial charge < -0.3 is 9.47 Å². The van der Waals surface area contributed by atoms with Crippen molar-refractivity contribution in [2.24, 2.45) is 0 Å². The molecule has 2 nitrogen and oxygen atoms in total. The summed E-state index contributed by atoms with van der Waals surface area (Å²) in [4.78, 5) is 0. The summed E-state index contributed by atoms with van der Waals surface area (Å²) in [5, 5.41) is 0. The molecule has 1 rings (SSSR count). The van der Waals surface area contributed by atoms with Gasteiger partial charge >= 0.3 is 0 Å². The average Bonchev–Trinajstić information content (AvgIpc) is 2.12. The van der Waals surface area contributed by atoms with E-state index in [9.17, 15) is 0 Å². The largest absolute Gasteiger partial charge is 0.348 e. The molecule has 10 heavy (non-hydrogen) atoms. The van der Waals surface area contributed by atoms with E-state index in [1.807, 2.05) is 13.8 Å². The number of hydrogen-bond acceptors (Lipinski definition) is 2. The SMILES string of the molecule is CCCC1(C)OCC(C)O1. The summed E-state index contributed by atoms with van der Waals surface area (Å²) < 4.78 is 11.0. The molecule has 1 heterocycles. The maximum absolute atomic E-state index is 5.57. The zero-order chi connectivity index (χ0) is 7.61. The van der Waals surface area contributed by atoms with E-state index in [1.54, 1.807) is 0 Å². The normalized spacial score (nSPS) is 40.5. The lowest BCUT2D eigenvalue weighted by atomic mass is 10.2. The van der Waals surface area contributed by atoms with E-state index in [0.29, 0.717) is 0 Å². The molecule has 0 N–H and O–H groups in total. The fourth-order valence-electron chi connectivity index (χ4n) is 1.37. The highest BCUT2D eigenvalue weighted by atomic mass is 16.7. The quantitative estimate of drug-likeness (QED) is 0.589. The van der Waals surface area contributed by atoms with Gasteiger partial charge in [0.2, 0.25) is 0 Å². The molecule has 0 aromatic carbocycles. The molecule has 60 valence electrons. The number of ether oxygens (including phenoxy) is 2. The first-order chi connectivity index (χ1) is 4.66. The molecule has 1 aliphatic heterocycles. The van der Waals surface area contributed by atoms with Crippen LogP contribution in [-0.4, -0.2) is 18.5 Å². The molecule has 2 atom stereocenters. The van der Waals surface area contributed by atoms with Gasteiger partial charge in [0.15, 0.2) is 5.79 Å². The smallest absolute Gasteiger partial charge is 0.166 e. The maximum atomic E-state index is 5.57. The van der Waals surface area contributed by atoms with Gasteiger partial charge in [-0.15, -0.1) is 0 Å². The van der Waals surface area contributed by atoms with Gasteiger partial charge in [-0.1, -0.05) is 13.3 Å². The minimum absolute atomic E-state index is 0.275. The highest BCUT2D eigenvalue weighted by Gasteiger charge is 2.33. The lowest BCUT2D eigenvalue weighted by Gasteiger charge is -2.21. The van der Waals surface area contributed by atoms with Crippen LogP contribution in [0.1, 0.15) is 33.6 Å². The van der Waals surface area contributed by atoms with Crippen LogP contribution in [-0.2, 0) is 9.47 Å². The summed E-state index contributed by atoms with van der Waals surface area (Å²) in [6.45, 7) is 6.94. The Labute approximate surface area is 62.5 Å². The predicted octanol–water partition coefficient (Wildman–Crippen LogP) is 1.94. The predicted molar refractivity (Wildman–Crippen MR) is 39.8 cm³/mol. The maximum Gasteiger partial charge on any atom is 0.166 e. The van der Waals surface area contributed by atoms with E-state index < -0.39 is 0 Å². The van der Waals surface area contributed by atoms with E-state index in [-0.39, 0.29) is 11.9 Å². The lowest BCUT2D eigenvalue weighted by Crippen LogP contribution is -2.25. The van der Waals surface area contributed by atoms with E-state index in [0.717, 1.165) is 19.4 Å². The van der Waals surface area contributed by atoms with Gasteiger partial charge in [0.1, 0.15) is 0 Å². The van der Waals surface area contributed by atoms with Crippen LogP contribution >= 0.6 is 0 Å². The minimum atomic E-state index is -0.284. The fourth-order valence-corrected chi connectivity index (χ4v) is 1.37. The molecule has 1 saturated heterocycles. The highest BCUT2D eigenvalue weighted by molar-refractivity contribution is 4.71. The number of hydrogen-bond donors (Lipinski definition) is 0. The molecular weight excluding hydrogens is 128 g/mol. The van der Waals surface area contributed by atoms with E-state index >= 15 is 0 Å². The van der Waals surface area contributed by atoms with E-state index in [2.05, 4.69) is 6.92 Å². The summed E-state index contributed by atoms with van der Waals surface area (Å²) in [7, 11) is 0. The van der Waals surface area contributed by atoms with Crippen LogP contribution in [0, 0.1) is 0 Å². The monoisotopic (exact) mass is 144 g/mol. The Balaban J connectivity index is 2.38. The van der Waals surface area contributed by atoms with Crippen molar-refractivity contribution >= 4 is 0 Å². The van der Waals surface area contributed by atoms with Crippen LogP contribution in [0.15, 0.2) is 0 Å². The van der Waals surface area contributed by atoms with Crippen molar-refractivity contribution in [3.63, 3.8) is 0 Å². The third-order valence-electron chi connectivity index (χ3n) is 1.78. The molecular formula is C8H16O2. The highest BCUT2D eigenvalue weighted by Crippen LogP contribution is 2.27. The first-order valence-electron chi connectivity index (χ1n) is 3.98. The molecule has 1 aliphatic rings. The van der Waals surface area contributed by atoms with Crippen molar-refractivity contribution in [2.75, 3.05) is 6.61 Å². The van der Waals surface area contributed by atoms with E-state index in [4.69, 9.17) is 9.47 Å². The van der Waals surface area contributed by atoms with Crippen LogP contribution in [0.4, 0.5) is 0 Å². The molecule has 0 radical (unpaired) electrons. The molecule has 0 bridgehead atoms. The Kier molecular flexibility index (Phi) is 2.32. The van der Waals surface area contributed by atoms with Crippen molar-refractivity contribution < 1.29 is 9.47 Å². The second kappa shape index (κ2) is 2.89. The molecule has 0 spiro atoms.